The van der Waals surface area contributed by atoms with Gasteiger partial charge in [0.1, 0.15) is 11.9 Å². The fourth-order valence-corrected chi connectivity index (χ4v) is 4.02. The molecule has 0 spiro atoms. The molecule has 1 atom stereocenters. The summed E-state index contributed by atoms with van der Waals surface area (Å²) in [6, 6.07) is 20.3. The number of aromatic amines is 1. The number of hydrogen-bond acceptors (Lipinski definition) is 4. The van der Waals surface area contributed by atoms with Crippen LogP contribution in [0.3, 0.4) is 0 Å². The number of anilines is 1. The number of rotatable bonds is 9. The molecule has 1 aliphatic rings. The third-order valence-corrected chi connectivity index (χ3v) is 5.69. The minimum absolute atomic E-state index is 0.0151. The summed E-state index contributed by atoms with van der Waals surface area (Å²) >= 11 is 0. The average molecular weight is 406 g/mol. The molecule has 30 heavy (non-hydrogen) atoms. The van der Waals surface area contributed by atoms with Crippen LogP contribution in [0.15, 0.2) is 73.1 Å². The van der Waals surface area contributed by atoms with Gasteiger partial charge in [0.2, 0.25) is 0 Å². The van der Waals surface area contributed by atoms with Crippen molar-refractivity contribution in [3.05, 3.63) is 84.2 Å². The molecule has 1 aromatic heterocycles. The van der Waals surface area contributed by atoms with Crippen LogP contribution in [0.25, 0.3) is 0 Å². The van der Waals surface area contributed by atoms with Crippen LogP contribution in [-0.2, 0) is 4.74 Å². The Hall–Kier alpha value is -2.76. The van der Waals surface area contributed by atoms with E-state index in [9.17, 15) is 0 Å². The van der Waals surface area contributed by atoms with Gasteiger partial charge in [-0.05, 0) is 43.0 Å². The summed E-state index contributed by atoms with van der Waals surface area (Å²) in [7, 11) is 0. The highest BCUT2D eigenvalue weighted by molar-refractivity contribution is 5.51. The molecule has 1 fully saturated rings. The third kappa shape index (κ3) is 5.43. The van der Waals surface area contributed by atoms with Gasteiger partial charge >= 0.3 is 0 Å². The molecule has 3 aromatic rings. The van der Waals surface area contributed by atoms with Crippen LogP contribution in [0.5, 0.6) is 5.75 Å². The number of hydrogen-bond donors (Lipinski definition) is 2. The molecule has 1 unspecified atom stereocenters. The first-order chi connectivity index (χ1) is 14.8. The lowest BCUT2D eigenvalue weighted by molar-refractivity contribution is -0.0273. The lowest BCUT2D eigenvalue weighted by atomic mass is 10.0. The first-order valence-electron chi connectivity index (χ1n) is 10.8. The Morgan fingerprint density at radius 2 is 1.73 bits per heavy atom. The molecule has 1 saturated heterocycles. The summed E-state index contributed by atoms with van der Waals surface area (Å²) in [6.45, 7) is 3.85. The van der Waals surface area contributed by atoms with Crippen LogP contribution in [-0.4, -0.2) is 42.2 Å². The van der Waals surface area contributed by atoms with Gasteiger partial charge in [0.05, 0.1) is 18.4 Å². The Bertz CT molecular complexity index is 874. The molecule has 5 nitrogen and oxygen atoms in total. The molecular formula is C25H31N3O2. The van der Waals surface area contributed by atoms with E-state index >= 15 is 0 Å². The smallest absolute Gasteiger partial charge is 0.142 e. The van der Waals surface area contributed by atoms with Crippen molar-refractivity contribution < 1.29 is 9.47 Å². The monoisotopic (exact) mass is 405 g/mol. The van der Waals surface area contributed by atoms with Gasteiger partial charge in [-0.25, -0.2) is 0 Å². The van der Waals surface area contributed by atoms with E-state index in [1.165, 1.54) is 11.1 Å². The van der Waals surface area contributed by atoms with Crippen molar-refractivity contribution in [3.8, 4) is 5.75 Å². The summed E-state index contributed by atoms with van der Waals surface area (Å²) in [5.41, 5.74) is 9.01. The highest BCUT2D eigenvalue weighted by Gasteiger charge is 2.24. The standard InChI is InChI=1S/C25H31N3O2/c26-23-9-4-5-10-24(23)29-18-6-15-28-16-12-22(13-17-28)30-25(21-11-14-27-19-21)20-7-2-1-3-8-20/h1-5,7-11,14,19,22,25,27H,6,12-13,15-18,26H2. The van der Waals surface area contributed by atoms with Crippen molar-refractivity contribution in [1.82, 2.24) is 9.88 Å². The molecule has 158 valence electrons. The Kier molecular flexibility index (Phi) is 7.06. The predicted molar refractivity (Wildman–Crippen MR) is 121 cm³/mol. The van der Waals surface area contributed by atoms with Crippen molar-refractivity contribution in [2.24, 2.45) is 0 Å². The van der Waals surface area contributed by atoms with Gasteiger partial charge in [0.25, 0.3) is 0 Å². The second kappa shape index (κ2) is 10.3. The van der Waals surface area contributed by atoms with Gasteiger partial charge in [0.15, 0.2) is 0 Å². The number of nitrogens with one attached hydrogen (secondary N) is 1. The molecule has 0 radical (unpaired) electrons. The maximum absolute atomic E-state index is 6.58. The molecule has 1 aliphatic heterocycles. The minimum atomic E-state index is -0.0151. The molecule has 0 aliphatic carbocycles. The first-order valence-corrected chi connectivity index (χ1v) is 10.8. The maximum atomic E-state index is 6.58. The highest BCUT2D eigenvalue weighted by Crippen LogP contribution is 2.30. The molecular weight excluding hydrogens is 374 g/mol. The van der Waals surface area contributed by atoms with Crippen molar-refractivity contribution in [1.29, 1.82) is 0 Å². The predicted octanol–water partition coefficient (Wildman–Crippen LogP) is 4.64. The van der Waals surface area contributed by atoms with E-state index in [0.29, 0.717) is 12.3 Å². The van der Waals surface area contributed by atoms with Crippen LogP contribution >= 0.6 is 0 Å². The Labute approximate surface area is 178 Å². The van der Waals surface area contributed by atoms with Gasteiger partial charge in [-0.2, -0.15) is 0 Å². The number of likely N-dealkylation sites (tertiary alicyclic amines) is 1. The van der Waals surface area contributed by atoms with E-state index in [1.807, 2.05) is 42.7 Å². The van der Waals surface area contributed by atoms with E-state index in [2.05, 4.69) is 40.2 Å². The zero-order chi connectivity index (χ0) is 20.6. The molecule has 2 heterocycles. The van der Waals surface area contributed by atoms with Crippen LogP contribution in [0.2, 0.25) is 0 Å². The number of ether oxygens (including phenoxy) is 2. The van der Waals surface area contributed by atoms with Gasteiger partial charge in [0, 0.05) is 37.6 Å². The Balaban J connectivity index is 1.22. The fourth-order valence-electron chi connectivity index (χ4n) is 4.02. The number of piperidine rings is 1. The summed E-state index contributed by atoms with van der Waals surface area (Å²) < 4.78 is 12.4. The second-order valence-corrected chi connectivity index (χ2v) is 7.85. The van der Waals surface area contributed by atoms with Crippen LogP contribution < -0.4 is 10.5 Å². The van der Waals surface area contributed by atoms with Gasteiger partial charge in [-0.1, -0.05) is 42.5 Å². The van der Waals surface area contributed by atoms with Crippen molar-refractivity contribution in [2.45, 2.75) is 31.5 Å². The number of nitrogens with two attached hydrogens (primary N) is 1. The second-order valence-electron chi connectivity index (χ2n) is 7.85. The SMILES string of the molecule is Nc1ccccc1OCCCN1CCC(OC(c2ccccc2)c2cc[nH]c2)CC1. The van der Waals surface area contributed by atoms with Crippen molar-refractivity contribution >= 4 is 5.69 Å². The molecule has 2 aromatic carbocycles. The Morgan fingerprint density at radius 3 is 2.47 bits per heavy atom. The van der Waals surface area contributed by atoms with E-state index < -0.39 is 0 Å². The van der Waals surface area contributed by atoms with Gasteiger partial charge in [-0.3, -0.25) is 0 Å². The third-order valence-electron chi connectivity index (χ3n) is 5.69. The molecule has 0 bridgehead atoms. The largest absolute Gasteiger partial charge is 0.491 e. The van der Waals surface area contributed by atoms with E-state index in [0.717, 1.165) is 44.6 Å². The van der Waals surface area contributed by atoms with Gasteiger partial charge in [-0.15, -0.1) is 0 Å². The van der Waals surface area contributed by atoms with E-state index in [-0.39, 0.29) is 12.2 Å². The van der Waals surface area contributed by atoms with Gasteiger partial charge < -0.3 is 25.1 Å². The highest BCUT2D eigenvalue weighted by atomic mass is 16.5. The zero-order valence-electron chi connectivity index (χ0n) is 17.4. The summed E-state index contributed by atoms with van der Waals surface area (Å²) in [4.78, 5) is 5.67. The van der Waals surface area contributed by atoms with Crippen molar-refractivity contribution in [2.75, 3.05) is 32.0 Å². The number of nitrogens with zero attached hydrogens (tertiary/aromatic N) is 1. The normalized spacial score (nSPS) is 16.4. The summed E-state index contributed by atoms with van der Waals surface area (Å²) in [6.07, 6.45) is 7.37. The lowest BCUT2D eigenvalue weighted by Gasteiger charge is -2.34. The quantitative estimate of drug-likeness (QED) is 0.402. The van der Waals surface area contributed by atoms with E-state index in [1.54, 1.807) is 0 Å². The number of aromatic nitrogens is 1. The molecule has 4 rings (SSSR count). The van der Waals surface area contributed by atoms with E-state index in [4.69, 9.17) is 15.2 Å². The average Bonchev–Trinajstić information content (AvgIpc) is 3.32. The number of para-hydroxylation sites is 2. The van der Waals surface area contributed by atoms with Crippen LogP contribution in [0.1, 0.15) is 36.5 Å². The zero-order valence-corrected chi connectivity index (χ0v) is 17.4. The summed E-state index contributed by atoms with van der Waals surface area (Å²) in [5.74, 6) is 0.779. The number of nitrogen functional groups attached to an aromatic ring is 1. The molecule has 0 saturated carbocycles. The number of benzene rings is 2. The summed E-state index contributed by atoms with van der Waals surface area (Å²) in [5, 5.41) is 0. The maximum Gasteiger partial charge on any atom is 0.142 e. The first kappa shape index (κ1) is 20.5. The molecule has 0 amide bonds. The molecule has 3 N–H and O–H groups in total. The van der Waals surface area contributed by atoms with Crippen LogP contribution in [0, 0.1) is 0 Å². The topological polar surface area (TPSA) is 63.5 Å². The fraction of sp³-hybridized carbons (Fsp3) is 0.360. The Morgan fingerprint density at radius 1 is 0.967 bits per heavy atom. The molecule has 5 heteroatoms. The van der Waals surface area contributed by atoms with Crippen LogP contribution in [0.4, 0.5) is 5.69 Å². The lowest BCUT2D eigenvalue weighted by Crippen LogP contribution is -2.38. The minimum Gasteiger partial charge on any atom is -0.491 e. The van der Waals surface area contributed by atoms with Crippen molar-refractivity contribution in [3.63, 3.8) is 0 Å². The number of H-pyrrole nitrogens is 1.